The molecule has 21 heavy (non-hydrogen) atoms. The minimum absolute atomic E-state index is 0.635. The van der Waals surface area contributed by atoms with Crippen LogP contribution in [0.2, 0.25) is 5.02 Å². The van der Waals surface area contributed by atoms with E-state index in [0.29, 0.717) is 6.54 Å². The lowest BCUT2D eigenvalue weighted by Crippen LogP contribution is -2.38. The van der Waals surface area contributed by atoms with Gasteiger partial charge in [0, 0.05) is 45.1 Å². The molecule has 0 saturated heterocycles. The number of nitrogens with zero attached hydrogens (tertiary/aromatic N) is 4. The number of hydrogen-bond donors (Lipinski definition) is 1. The van der Waals surface area contributed by atoms with E-state index in [1.54, 1.807) is 13.2 Å². The Hall–Kier alpha value is -2.01. The molecule has 5 nitrogen and oxygen atoms in total. The van der Waals surface area contributed by atoms with Gasteiger partial charge in [-0.3, -0.25) is 4.99 Å². The molecule has 0 bridgehead atoms. The molecule has 0 atom stereocenters. The molecule has 0 aliphatic carbocycles. The topological polar surface area (TPSA) is 45.5 Å². The summed E-state index contributed by atoms with van der Waals surface area (Å²) in [4.78, 5) is 10.6. The predicted octanol–water partition coefficient (Wildman–Crippen LogP) is 2.28. The highest BCUT2D eigenvalue weighted by atomic mass is 35.5. The van der Waals surface area contributed by atoms with Crippen molar-refractivity contribution in [3.8, 4) is 0 Å². The third-order valence-electron chi connectivity index (χ3n) is 3.21. The summed E-state index contributed by atoms with van der Waals surface area (Å²) in [6.07, 6.45) is 3.71. The molecule has 0 saturated carbocycles. The molecule has 0 radical (unpaired) electrons. The Balaban J connectivity index is 1.96. The molecule has 2 rings (SSSR count). The molecule has 1 aromatic heterocycles. The Labute approximate surface area is 130 Å². The normalized spacial score (nSPS) is 11.5. The molecule has 112 valence electrons. The first-order chi connectivity index (χ1) is 10.1. The van der Waals surface area contributed by atoms with E-state index in [1.807, 2.05) is 43.1 Å². The zero-order valence-corrected chi connectivity index (χ0v) is 13.3. The summed E-state index contributed by atoms with van der Waals surface area (Å²) in [5.41, 5.74) is 1.14. The van der Waals surface area contributed by atoms with Gasteiger partial charge in [-0.25, -0.2) is 4.98 Å². The average molecular weight is 306 g/mol. The molecule has 0 spiro atoms. The lowest BCUT2D eigenvalue weighted by molar-refractivity contribution is 0.474. The number of aliphatic imine (C=N–C) groups is 1. The number of halogens is 1. The van der Waals surface area contributed by atoms with Crippen LogP contribution in [-0.2, 0) is 20.1 Å². The molecule has 2 aromatic rings. The molecule has 1 heterocycles. The first-order valence-electron chi connectivity index (χ1n) is 6.72. The van der Waals surface area contributed by atoms with E-state index in [2.05, 4.69) is 26.3 Å². The smallest absolute Gasteiger partial charge is 0.194 e. The maximum Gasteiger partial charge on any atom is 0.194 e. The van der Waals surface area contributed by atoms with Gasteiger partial charge in [0.25, 0.3) is 0 Å². The molecule has 1 aromatic carbocycles. The summed E-state index contributed by atoms with van der Waals surface area (Å²) in [5, 5.41) is 4.05. The Morgan fingerprint density at radius 2 is 2.29 bits per heavy atom. The van der Waals surface area contributed by atoms with Crippen molar-refractivity contribution in [3.63, 3.8) is 0 Å². The van der Waals surface area contributed by atoms with Crippen molar-refractivity contribution in [2.24, 2.45) is 12.0 Å². The maximum absolute atomic E-state index is 6.01. The van der Waals surface area contributed by atoms with Gasteiger partial charge in [0.1, 0.15) is 5.82 Å². The van der Waals surface area contributed by atoms with Gasteiger partial charge in [-0.2, -0.15) is 0 Å². The largest absolute Gasteiger partial charge is 0.349 e. The maximum atomic E-state index is 6.01. The van der Waals surface area contributed by atoms with E-state index < -0.39 is 0 Å². The lowest BCUT2D eigenvalue weighted by atomic mass is 10.2. The summed E-state index contributed by atoms with van der Waals surface area (Å²) >= 11 is 6.01. The fraction of sp³-hybridized carbons (Fsp3) is 0.333. The van der Waals surface area contributed by atoms with Crippen LogP contribution in [0.3, 0.4) is 0 Å². The van der Waals surface area contributed by atoms with Crippen LogP contribution in [0.4, 0.5) is 0 Å². The van der Waals surface area contributed by atoms with Crippen LogP contribution < -0.4 is 5.32 Å². The molecule has 0 aliphatic heterocycles. The van der Waals surface area contributed by atoms with Crippen molar-refractivity contribution in [1.82, 2.24) is 19.8 Å². The van der Waals surface area contributed by atoms with E-state index >= 15 is 0 Å². The summed E-state index contributed by atoms with van der Waals surface area (Å²) in [6, 6.07) is 7.84. The summed E-state index contributed by atoms with van der Waals surface area (Å²) < 4.78 is 1.98. The summed E-state index contributed by atoms with van der Waals surface area (Å²) in [6.45, 7) is 1.37. The second kappa shape index (κ2) is 7.13. The number of guanidine groups is 1. The first kappa shape index (κ1) is 15.4. The van der Waals surface area contributed by atoms with E-state index in [4.69, 9.17) is 11.6 Å². The number of rotatable bonds is 4. The fourth-order valence-electron chi connectivity index (χ4n) is 2.09. The van der Waals surface area contributed by atoms with Gasteiger partial charge in [0.15, 0.2) is 5.96 Å². The highest BCUT2D eigenvalue weighted by molar-refractivity contribution is 6.30. The zero-order chi connectivity index (χ0) is 15.2. The highest BCUT2D eigenvalue weighted by Gasteiger charge is 2.08. The van der Waals surface area contributed by atoms with Crippen molar-refractivity contribution in [2.75, 3.05) is 14.1 Å². The third-order valence-corrected chi connectivity index (χ3v) is 3.44. The van der Waals surface area contributed by atoms with E-state index in [9.17, 15) is 0 Å². The Morgan fingerprint density at radius 3 is 2.90 bits per heavy atom. The predicted molar refractivity (Wildman–Crippen MR) is 86.3 cm³/mol. The van der Waals surface area contributed by atoms with Crippen LogP contribution in [0.25, 0.3) is 0 Å². The minimum atomic E-state index is 0.635. The van der Waals surface area contributed by atoms with E-state index in [1.165, 1.54) is 0 Å². The van der Waals surface area contributed by atoms with Gasteiger partial charge in [0.2, 0.25) is 0 Å². The Morgan fingerprint density at radius 1 is 1.48 bits per heavy atom. The van der Waals surface area contributed by atoms with Crippen LogP contribution in [-0.4, -0.2) is 34.5 Å². The minimum Gasteiger partial charge on any atom is -0.349 e. The van der Waals surface area contributed by atoms with Gasteiger partial charge in [0.05, 0.1) is 6.54 Å². The average Bonchev–Trinajstić information content (AvgIpc) is 2.85. The summed E-state index contributed by atoms with van der Waals surface area (Å²) in [5.74, 6) is 1.78. The Bertz CT molecular complexity index is 620. The van der Waals surface area contributed by atoms with E-state index in [0.717, 1.165) is 28.9 Å². The van der Waals surface area contributed by atoms with Crippen molar-refractivity contribution >= 4 is 17.6 Å². The van der Waals surface area contributed by atoms with Crippen molar-refractivity contribution < 1.29 is 0 Å². The standard InChI is InChI=1S/C15H20ClN5/c1-17-15(19-10-14-18-7-8-20(14)2)21(3)11-12-5-4-6-13(16)9-12/h4-9H,10-11H2,1-3H3,(H,17,19). The van der Waals surface area contributed by atoms with Crippen LogP contribution >= 0.6 is 11.6 Å². The van der Waals surface area contributed by atoms with Crippen molar-refractivity contribution in [1.29, 1.82) is 0 Å². The molecule has 0 aliphatic rings. The van der Waals surface area contributed by atoms with Gasteiger partial charge >= 0.3 is 0 Å². The number of hydrogen-bond acceptors (Lipinski definition) is 2. The highest BCUT2D eigenvalue weighted by Crippen LogP contribution is 2.12. The molecular weight excluding hydrogens is 286 g/mol. The lowest BCUT2D eigenvalue weighted by Gasteiger charge is -2.22. The number of nitrogens with one attached hydrogen (secondary N) is 1. The quantitative estimate of drug-likeness (QED) is 0.696. The van der Waals surface area contributed by atoms with Crippen molar-refractivity contribution in [2.45, 2.75) is 13.1 Å². The van der Waals surface area contributed by atoms with Crippen LogP contribution in [0.1, 0.15) is 11.4 Å². The molecule has 0 fully saturated rings. The number of benzene rings is 1. The molecule has 0 unspecified atom stereocenters. The number of imidazole rings is 1. The van der Waals surface area contributed by atoms with Crippen LogP contribution in [0.15, 0.2) is 41.7 Å². The van der Waals surface area contributed by atoms with Crippen molar-refractivity contribution in [3.05, 3.63) is 53.1 Å². The molecule has 1 N–H and O–H groups in total. The number of aromatic nitrogens is 2. The monoisotopic (exact) mass is 305 g/mol. The van der Waals surface area contributed by atoms with Gasteiger partial charge in [-0.15, -0.1) is 0 Å². The van der Waals surface area contributed by atoms with Crippen LogP contribution in [0, 0.1) is 0 Å². The van der Waals surface area contributed by atoms with Gasteiger partial charge in [-0.05, 0) is 17.7 Å². The molecule has 0 amide bonds. The fourth-order valence-corrected chi connectivity index (χ4v) is 2.31. The third kappa shape index (κ3) is 4.23. The second-order valence-corrected chi connectivity index (χ2v) is 5.28. The zero-order valence-electron chi connectivity index (χ0n) is 12.5. The van der Waals surface area contributed by atoms with Gasteiger partial charge in [-0.1, -0.05) is 23.7 Å². The number of aryl methyl sites for hydroxylation is 1. The Kier molecular flexibility index (Phi) is 5.22. The van der Waals surface area contributed by atoms with E-state index in [-0.39, 0.29) is 0 Å². The second-order valence-electron chi connectivity index (χ2n) is 4.84. The molecule has 6 heteroatoms. The van der Waals surface area contributed by atoms with Gasteiger partial charge < -0.3 is 14.8 Å². The first-order valence-corrected chi connectivity index (χ1v) is 7.10. The molecular formula is C15H20ClN5. The SMILES string of the molecule is CN=C(NCc1nccn1C)N(C)Cc1cccc(Cl)c1. The summed E-state index contributed by atoms with van der Waals surface area (Å²) in [7, 11) is 5.74. The van der Waals surface area contributed by atoms with Crippen LogP contribution in [0.5, 0.6) is 0 Å².